The Bertz CT molecular complexity index is 593. The van der Waals surface area contributed by atoms with Crippen LogP contribution in [0.1, 0.15) is 32.3 Å². The third-order valence-corrected chi connectivity index (χ3v) is 3.90. The van der Waals surface area contributed by atoms with Crippen LogP contribution in [0.25, 0.3) is 0 Å². The fourth-order valence-corrected chi connectivity index (χ4v) is 2.16. The lowest BCUT2D eigenvalue weighted by molar-refractivity contribution is -0.154. The first-order valence-corrected chi connectivity index (χ1v) is 8.83. The zero-order chi connectivity index (χ0) is 16.8. The van der Waals surface area contributed by atoms with Crippen LogP contribution in [-0.2, 0) is 25.5 Å². The number of carboxylic acids is 1. The third kappa shape index (κ3) is 6.03. The molecule has 124 valence electrons. The molecule has 1 aromatic rings. The Kier molecular flexibility index (Phi) is 6.37. The van der Waals surface area contributed by atoms with E-state index in [0.717, 1.165) is 11.8 Å². The van der Waals surface area contributed by atoms with E-state index in [2.05, 4.69) is 4.18 Å². The minimum Gasteiger partial charge on any atom is -0.478 e. The van der Waals surface area contributed by atoms with E-state index in [0.29, 0.717) is 25.0 Å². The summed E-state index contributed by atoms with van der Waals surface area (Å²) in [5.41, 5.74) is -0.247. The molecule has 0 fully saturated rings. The molecule has 22 heavy (non-hydrogen) atoms. The zero-order valence-electron chi connectivity index (χ0n) is 13.0. The van der Waals surface area contributed by atoms with Crippen molar-refractivity contribution in [3.63, 3.8) is 0 Å². The van der Waals surface area contributed by atoms with Crippen LogP contribution in [0.2, 0.25) is 0 Å². The molecule has 1 aromatic carbocycles. The summed E-state index contributed by atoms with van der Waals surface area (Å²) in [6.45, 7) is 3.43. The van der Waals surface area contributed by atoms with Gasteiger partial charge in [-0.2, -0.15) is 8.42 Å². The molecule has 0 aliphatic rings. The van der Waals surface area contributed by atoms with Crippen LogP contribution in [0.5, 0.6) is 5.75 Å². The highest BCUT2D eigenvalue weighted by Gasteiger charge is 2.33. The highest BCUT2D eigenvalue weighted by molar-refractivity contribution is 7.85. The molecule has 0 amide bonds. The second-order valence-electron chi connectivity index (χ2n) is 5.27. The van der Waals surface area contributed by atoms with E-state index in [1.165, 1.54) is 6.92 Å². The van der Waals surface area contributed by atoms with E-state index < -0.39 is 21.7 Å². The van der Waals surface area contributed by atoms with Crippen molar-refractivity contribution < 1.29 is 27.2 Å². The first-order chi connectivity index (χ1) is 10.2. The topological polar surface area (TPSA) is 89.9 Å². The maximum Gasteiger partial charge on any atom is 0.347 e. The summed E-state index contributed by atoms with van der Waals surface area (Å²) >= 11 is 0. The van der Waals surface area contributed by atoms with Gasteiger partial charge >= 0.3 is 5.97 Å². The van der Waals surface area contributed by atoms with Gasteiger partial charge in [-0.1, -0.05) is 19.1 Å². The van der Waals surface area contributed by atoms with Gasteiger partial charge in [0.25, 0.3) is 10.1 Å². The summed E-state index contributed by atoms with van der Waals surface area (Å²) in [6.07, 6.45) is 2.62. The van der Waals surface area contributed by atoms with Gasteiger partial charge in [0.2, 0.25) is 5.60 Å². The monoisotopic (exact) mass is 330 g/mol. The smallest absolute Gasteiger partial charge is 0.347 e. The van der Waals surface area contributed by atoms with Crippen LogP contribution in [-0.4, -0.2) is 38.0 Å². The Morgan fingerprint density at radius 1 is 1.27 bits per heavy atom. The number of aryl methyl sites for hydroxylation is 1. The lowest BCUT2D eigenvalue weighted by Crippen LogP contribution is -2.40. The highest BCUT2D eigenvalue weighted by Crippen LogP contribution is 2.22. The Hall–Kier alpha value is -1.60. The van der Waals surface area contributed by atoms with Crippen molar-refractivity contribution in [3.8, 4) is 5.75 Å². The molecule has 0 spiro atoms. The fourth-order valence-electron chi connectivity index (χ4n) is 1.74. The number of carboxylic acid groups (broad SMARTS) is 1. The Labute approximate surface area is 131 Å². The molecular formula is C15H22O6S. The molecule has 0 saturated heterocycles. The predicted molar refractivity (Wildman–Crippen MR) is 82.5 cm³/mol. The van der Waals surface area contributed by atoms with Gasteiger partial charge in [-0.05, 0) is 43.9 Å². The van der Waals surface area contributed by atoms with Crippen molar-refractivity contribution in [3.05, 3.63) is 29.8 Å². The number of aliphatic carboxylic acids is 1. The summed E-state index contributed by atoms with van der Waals surface area (Å²) in [5.74, 6) is -0.514. The average Bonchev–Trinajstić information content (AvgIpc) is 2.44. The van der Waals surface area contributed by atoms with Crippen LogP contribution < -0.4 is 4.74 Å². The molecule has 1 atom stereocenters. The zero-order valence-corrected chi connectivity index (χ0v) is 13.9. The summed E-state index contributed by atoms with van der Waals surface area (Å²) < 4.78 is 31.8. The normalized spacial score (nSPS) is 14.3. The summed E-state index contributed by atoms with van der Waals surface area (Å²) in [6, 6.07) is 7.08. The molecule has 6 nitrogen and oxygen atoms in total. The summed E-state index contributed by atoms with van der Waals surface area (Å²) in [5, 5.41) is 9.17. The van der Waals surface area contributed by atoms with Crippen molar-refractivity contribution in [1.82, 2.24) is 0 Å². The van der Waals surface area contributed by atoms with Crippen molar-refractivity contribution in [2.45, 2.75) is 38.7 Å². The first kappa shape index (κ1) is 18.4. The number of carbonyl (C=O) groups is 1. The second-order valence-corrected chi connectivity index (χ2v) is 6.91. The molecule has 1 rings (SSSR count). The van der Waals surface area contributed by atoms with Gasteiger partial charge in [0.1, 0.15) is 5.75 Å². The molecule has 1 N–H and O–H groups in total. The summed E-state index contributed by atoms with van der Waals surface area (Å²) in [4.78, 5) is 11.2. The van der Waals surface area contributed by atoms with E-state index >= 15 is 0 Å². The molecular weight excluding hydrogens is 308 g/mol. The number of benzene rings is 1. The van der Waals surface area contributed by atoms with Gasteiger partial charge in [0, 0.05) is 0 Å². The van der Waals surface area contributed by atoms with Crippen LogP contribution >= 0.6 is 0 Å². The van der Waals surface area contributed by atoms with E-state index in [4.69, 9.17) is 9.84 Å². The SMILES string of the molecule is CCC(C)(Oc1ccc(CCCOS(C)(=O)=O)cc1)C(=O)O. The van der Waals surface area contributed by atoms with Crippen LogP contribution in [0, 0.1) is 0 Å². The van der Waals surface area contributed by atoms with E-state index in [-0.39, 0.29) is 6.61 Å². The predicted octanol–water partition coefficient (Wildman–Crippen LogP) is 2.23. The van der Waals surface area contributed by atoms with Gasteiger partial charge in [-0.3, -0.25) is 4.18 Å². The molecule has 0 radical (unpaired) electrons. The Morgan fingerprint density at radius 3 is 2.32 bits per heavy atom. The number of hydrogen-bond acceptors (Lipinski definition) is 5. The quantitative estimate of drug-likeness (QED) is 0.551. The van der Waals surface area contributed by atoms with Gasteiger partial charge in [0.05, 0.1) is 12.9 Å². The molecule has 7 heteroatoms. The van der Waals surface area contributed by atoms with Gasteiger partial charge < -0.3 is 9.84 Å². The van der Waals surface area contributed by atoms with Crippen molar-refractivity contribution in [1.29, 1.82) is 0 Å². The maximum absolute atomic E-state index is 11.2. The largest absolute Gasteiger partial charge is 0.478 e. The summed E-state index contributed by atoms with van der Waals surface area (Å²) in [7, 11) is -3.39. The van der Waals surface area contributed by atoms with Crippen molar-refractivity contribution >= 4 is 16.1 Å². The van der Waals surface area contributed by atoms with Gasteiger partial charge in [-0.15, -0.1) is 0 Å². The number of hydrogen-bond donors (Lipinski definition) is 1. The first-order valence-electron chi connectivity index (χ1n) is 7.02. The molecule has 1 unspecified atom stereocenters. The standard InChI is InChI=1S/C15H22O6S/c1-4-15(2,14(16)17)21-13-9-7-12(8-10-13)6-5-11-20-22(3,18)19/h7-10H,4-6,11H2,1-3H3,(H,16,17). The minimum absolute atomic E-state index is 0.143. The maximum atomic E-state index is 11.2. The van der Waals surface area contributed by atoms with Gasteiger partial charge in [0.15, 0.2) is 0 Å². The van der Waals surface area contributed by atoms with Crippen LogP contribution in [0.3, 0.4) is 0 Å². The van der Waals surface area contributed by atoms with Crippen molar-refractivity contribution in [2.75, 3.05) is 12.9 Å². The third-order valence-electron chi connectivity index (χ3n) is 3.30. The molecule has 0 bridgehead atoms. The Balaban J connectivity index is 2.55. The number of rotatable bonds is 9. The average molecular weight is 330 g/mol. The van der Waals surface area contributed by atoms with Gasteiger partial charge in [-0.25, -0.2) is 4.79 Å². The number of ether oxygens (including phenoxy) is 1. The second kappa shape index (κ2) is 7.60. The molecule has 0 saturated carbocycles. The van der Waals surface area contributed by atoms with E-state index in [1.54, 1.807) is 19.1 Å². The van der Waals surface area contributed by atoms with Crippen molar-refractivity contribution in [2.24, 2.45) is 0 Å². The molecule has 0 heterocycles. The Morgan fingerprint density at radius 2 is 1.86 bits per heavy atom. The molecule has 0 aliphatic carbocycles. The van der Waals surface area contributed by atoms with Crippen LogP contribution in [0.4, 0.5) is 0 Å². The molecule has 0 aromatic heterocycles. The lowest BCUT2D eigenvalue weighted by atomic mass is 10.0. The van der Waals surface area contributed by atoms with E-state index in [9.17, 15) is 13.2 Å². The van der Waals surface area contributed by atoms with Crippen LogP contribution in [0.15, 0.2) is 24.3 Å². The van der Waals surface area contributed by atoms with E-state index in [1.807, 2.05) is 12.1 Å². The molecule has 0 aliphatic heterocycles. The fraction of sp³-hybridized carbons (Fsp3) is 0.533. The minimum atomic E-state index is -3.39. The lowest BCUT2D eigenvalue weighted by Gasteiger charge is -2.24. The highest BCUT2D eigenvalue weighted by atomic mass is 32.2.